The van der Waals surface area contributed by atoms with E-state index in [-0.39, 0.29) is 5.92 Å². The van der Waals surface area contributed by atoms with Gasteiger partial charge in [-0.2, -0.15) is 0 Å². The number of halogens is 5. The van der Waals surface area contributed by atoms with Gasteiger partial charge in [0.1, 0.15) is 0 Å². The molecule has 0 amide bonds. The van der Waals surface area contributed by atoms with Crippen molar-refractivity contribution in [2.24, 2.45) is 5.92 Å². The molecule has 1 fully saturated rings. The van der Waals surface area contributed by atoms with Crippen LogP contribution in [0.4, 0.5) is 22.0 Å². The molecule has 0 radical (unpaired) electrons. The van der Waals surface area contributed by atoms with Gasteiger partial charge in [0.05, 0.1) is 0 Å². The maximum Gasteiger partial charge on any atom is 0.573 e. The first-order valence-corrected chi connectivity index (χ1v) is 7.71. The van der Waals surface area contributed by atoms with Crippen LogP contribution in [-0.4, -0.2) is 6.36 Å². The second-order valence-electron chi connectivity index (χ2n) is 5.81. The Balaban J connectivity index is 2.09. The van der Waals surface area contributed by atoms with E-state index in [4.69, 9.17) is 0 Å². The van der Waals surface area contributed by atoms with E-state index in [1.54, 1.807) is 0 Å². The summed E-state index contributed by atoms with van der Waals surface area (Å²) in [5, 5.41) is 0. The third kappa shape index (κ3) is 4.94. The fraction of sp³-hybridized carbons (Fsp3) is 0.529. The number of alkyl halides is 3. The van der Waals surface area contributed by atoms with Gasteiger partial charge in [0.2, 0.25) is 5.75 Å². The van der Waals surface area contributed by atoms with Gasteiger partial charge in [-0.15, -0.1) is 13.2 Å². The monoisotopic (exact) mass is 334 g/mol. The Morgan fingerprint density at radius 3 is 2.13 bits per heavy atom. The summed E-state index contributed by atoms with van der Waals surface area (Å²) >= 11 is 0. The average Bonchev–Trinajstić information content (AvgIpc) is 2.48. The van der Waals surface area contributed by atoms with Gasteiger partial charge >= 0.3 is 6.36 Å². The number of rotatable bonds is 4. The van der Waals surface area contributed by atoms with Gasteiger partial charge in [0.25, 0.3) is 0 Å². The molecular weight excluding hydrogens is 315 g/mol. The molecule has 2 rings (SSSR count). The number of benzene rings is 1. The number of ether oxygens (including phenoxy) is 1. The van der Waals surface area contributed by atoms with Gasteiger partial charge in [-0.3, -0.25) is 0 Å². The minimum absolute atomic E-state index is 0.0368. The molecule has 0 aromatic heterocycles. The fourth-order valence-corrected chi connectivity index (χ4v) is 3.00. The highest BCUT2D eigenvalue weighted by Crippen LogP contribution is 2.39. The topological polar surface area (TPSA) is 9.23 Å². The van der Waals surface area contributed by atoms with Crippen LogP contribution >= 0.6 is 0 Å². The molecular formula is C17H19F5O. The van der Waals surface area contributed by atoms with Gasteiger partial charge in [0.15, 0.2) is 11.6 Å². The van der Waals surface area contributed by atoms with Gasteiger partial charge in [-0.25, -0.2) is 8.78 Å². The average molecular weight is 334 g/mol. The Hall–Kier alpha value is -1.59. The Morgan fingerprint density at radius 2 is 1.65 bits per heavy atom. The molecule has 1 aliphatic rings. The molecule has 1 saturated carbocycles. The van der Waals surface area contributed by atoms with E-state index in [1.165, 1.54) is 0 Å². The quantitative estimate of drug-likeness (QED) is 0.477. The molecule has 1 nitrogen and oxygen atoms in total. The third-order valence-electron chi connectivity index (χ3n) is 4.13. The summed E-state index contributed by atoms with van der Waals surface area (Å²) < 4.78 is 67.4. The van der Waals surface area contributed by atoms with E-state index < -0.39 is 23.7 Å². The molecule has 0 aliphatic heterocycles. The molecule has 23 heavy (non-hydrogen) atoms. The highest BCUT2D eigenvalue weighted by atomic mass is 19.4. The van der Waals surface area contributed by atoms with Crippen LogP contribution in [0.25, 0.3) is 0 Å². The summed E-state index contributed by atoms with van der Waals surface area (Å²) in [6, 6.07) is 1.91. The number of allylic oxidation sites excluding steroid dienone is 2. The van der Waals surface area contributed by atoms with Crippen LogP contribution in [0.2, 0.25) is 0 Å². The van der Waals surface area contributed by atoms with Crippen molar-refractivity contribution in [3.63, 3.8) is 0 Å². The summed E-state index contributed by atoms with van der Waals surface area (Å²) in [6.07, 6.45) is 3.46. The Bertz CT molecular complexity index is 534. The lowest BCUT2D eigenvalue weighted by Gasteiger charge is -2.27. The molecule has 6 heteroatoms. The molecule has 0 spiro atoms. The van der Waals surface area contributed by atoms with E-state index >= 15 is 0 Å². The standard InChI is InChI=1S/C17H19F5O/c1-2-3-4-11-5-7-12(8-6-11)13-9-14(18)16(15(19)10-13)23-17(20,21)22/h3-4,9-12H,2,5-8H2,1H3/b4-3+/t11-,12-. The lowest BCUT2D eigenvalue weighted by atomic mass is 9.78. The summed E-state index contributed by atoms with van der Waals surface area (Å²) in [4.78, 5) is 0. The Morgan fingerprint density at radius 1 is 1.09 bits per heavy atom. The summed E-state index contributed by atoms with van der Waals surface area (Å²) in [7, 11) is 0. The van der Waals surface area contributed by atoms with Gasteiger partial charge < -0.3 is 4.74 Å². The predicted octanol–water partition coefficient (Wildman–Crippen LogP) is 6.10. The molecule has 0 N–H and O–H groups in total. The van der Waals surface area contributed by atoms with Crippen molar-refractivity contribution in [3.05, 3.63) is 41.5 Å². The lowest BCUT2D eigenvalue weighted by Crippen LogP contribution is -2.19. The van der Waals surface area contributed by atoms with Crippen LogP contribution in [0.1, 0.15) is 50.5 Å². The van der Waals surface area contributed by atoms with Crippen LogP contribution in [0.15, 0.2) is 24.3 Å². The smallest absolute Gasteiger partial charge is 0.399 e. The van der Waals surface area contributed by atoms with E-state index in [0.29, 0.717) is 11.5 Å². The maximum absolute atomic E-state index is 13.8. The van der Waals surface area contributed by atoms with Crippen molar-refractivity contribution >= 4 is 0 Å². The molecule has 0 heterocycles. The largest absolute Gasteiger partial charge is 0.573 e. The van der Waals surface area contributed by atoms with Gasteiger partial charge in [-0.05, 0) is 61.6 Å². The molecule has 1 aromatic carbocycles. The zero-order valence-corrected chi connectivity index (χ0v) is 12.8. The number of hydrogen-bond acceptors (Lipinski definition) is 1. The van der Waals surface area contributed by atoms with E-state index in [0.717, 1.165) is 44.2 Å². The molecule has 0 unspecified atom stereocenters. The second-order valence-corrected chi connectivity index (χ2v) is 5.81. The van der Waals surface area contributed by atoms with Gasteiger partial charge in [-0.1, -0.05) is 19.1 Å². The van der Waals surface area contributed by atoms with Crippen molar-refractivity contribution in [2.75, 3.05) is 0 Å². The molecule has 0 bridgehead atoms. The second kappa shape index (κ2) is 7.32. The molecule has 0 atom stereocenters. The number of hydrogen-bond donors (Lipinski definition) is 0. The zero-order valence-electron chi connectivity index (χ0n) is 12.8. The van der Waals surface area contributed by atoms with Gasteiger partial charge in [0, 0.05) is 0 Å². The normalized spacial score (nSPS) is 22.5. The van der Waals surface area contributed by atoms with Crippen LogP contribution in [0.3, 0.4) is 0 Å². The van der Waals surface area contributed by atoms with Crippen molar-refractivity contribution in [1.29, 1.82) is 0 Å². The molecule has 1 aliphatic carbocycles. The van der Waals surface area contributed by atoms with Crippen molar-refractivity contribution in [1.82, 2.24) is 0 Å². The molecule has 1 aromatic rings. The van der Waals surface area contributed by atoms with E-state index in [2.05, 4.69) is 23.8 Å². The fourth-order valence-electron chi connectivity index (χ4n) is 3.00. The Labute approximate surface area is 132 Å². The SMILES string of the molecule is CC/C=C/[C@H]1CC[C@H](c2cc(F)c(OC(F)(F)F)c(F)c2)CC1. The Kier molecular flexibility index (Phi) is 5.65. The predicted molar refractivity (Wildman–Crippen MR) is 77.2 cm³/mol. The summed E-state index contributed by atoms with van der Waals surface area (Å²) in [6.45, 7) is 2.05. The minimum Gasteiger partial charge on any atom is -0.399 e. The first kappa shape index (κ1) is 17.8. The maximum atomic E-state index is 13.8. The van der Waals surface area contributed by atoms with Crippen LogP contribution in [0, 0.1) is 17.6 Å². The lowest BCUT2D eigenvalue weighted by molar-refractivity contribution is -0.276. The highest BCUT2D eigenvalue weighted by Gasteiger charge is 2.34. The molecule has 0 saturated heterocycles. The summed E-state index contributed by atoms with van der Waals surface area (Å²) in [5.74, 6) is -3.59. The third-order valence-corrected chi connectivity index (χ3v) is 4.13. The van der Waals surface area contributed by atoms with E-state index in [9.17, 15) is 22.0 Å². The molecule has 128 valence electrons. The van der Waals surface area contributed by atoms with Crippen molar-refractivity contribution in [2.45, 2.75) is 51.3 Å². The van der Waals surface area contributed by atoms with E-state index in [1.807, 2.05) is 0 Å². The highest BCUT2D eigenvalue weighted by molar-refractivity contribution is 5.33. The summed E-state index contributed by atoms with van der Waals surface area (Å²) in [5.41, 5.74) is 0.396. The van der Waals surface area contributed by atoms with Crippen LogP contribution in [0.5, 0.6) is 5.75 Å². The first-order valence-electron chi connectivity index (χ1n) is 7.71. The van der Waals surface area contributed by atoms with Crippen LogP contribution in [-0.2, 0) is 0 Å². The van der Waals surface area contributed by atoms with Crippen molar-refractivity contribution in [3.8, 4) is 5.75 Å². The van der Waals surface area contributed by atoms with Crippen LogP contribution < -0.4 is 4.74 Å². The van der Waals surface area contributed by atoms with Crippen molar-refractivity contribution < 1.29 is 26.7 Å². The zero-order chi connectivity index (χ0) is 17.0. The minimum atomic E-state index is -5.12. The first-order chi connectivity index (χ1) is 10.8.